The van der Waals surface area contributed by atoms with E-state index < -0.39 is 0 Å². The lowest BCUT2D eigenvalue weighted by atomic mass is 10.1. The number of benzene rings is 2. The predicted octanol–water partition coefficient (Wildman–Crippen LogP) is 3.62. The molecule has 0 radical (unpaired) electrons. The zero-order chi connectivity index (χ0) is 18.7. The summed E-state index contributed by atoms with van der Waals surface area (Å²) in [5.41, 5.74) is 3.40. The molecule has 0 aromatic heterocycles. The molecule has 0 aliphatic heterocycles. The molecule has 0 atom stereocenters. The number of ether oxygens (including phenoxy) is 1. The maximum atomic E-state index is 12.7. The van der Waals surface area contributed by atoms with Gasteiger partial charge in [0, 0.05) is 36.3 Å². The smallest absolute Gasteiger partial charge is 0.253 e. The number of nitrogens with one attached hydrogen (secondary N) is 1. The Labute approximate surface area is 154 Å². The standard InChI is InChI=1S/C21H24N2O3/c1-14-4-11-19(26-3)17(12-14)13-23(2)21(25)16-7-9-18(10-8-16)22-20(24)15-5-6-15/h4,7-12,15H,5-6,13H2,1-3H3,(H,22,24). The van der Waals surface area contributed by atoms with Crippen molar-refractivity contribution in [2.45, 2.75) is 26.3 Å². The summed E-state index contributed by atoms with van der Waals surface area (Å²) >= 11 is 0. The van der Waals surface area contributed by atoms with Crippen molar-refractivity contribution in [3.05, 3.63) is 59.2 Å². The molecular weight excluding hydrogens is 328 g/mol. The van der Waals surface area contributed by atoms with Crippen LogP contribution in [-0.4, -0.2) is 30.9 Å². The quantitative estimate of drug-likeness (QED) is 0.864. The normalized spacial score (nSPS) is 13.2. The Morgan fingerprint density at radius 1 is 1.15 bits per heavy atom. The maximum Gasteiger partial charge on any atom is 0.253 e. The van der Waals surface area contributed by atoms with Gasteiger partial charge in [0.05, 0.1) is 7.11 Å². The maximum absolute atomic E-state index is 12.7. The highest BCUT2D eigenvalue weighted by Gasteiger charge is 2.29. The molecule has 2 aromatic rings. The van der Waals surface area contributed by atoms with Gasteiger partial charge in [0.1, 0.15) is 5.75 Å². The lowest BCUT2D eigenvalue weighted by Crippen LogP contribution is -2.26. The number of carbonyl (C=O) groups is 2. The van der Waals surface area contributed by atoms with Crippen molar-refractivity contribution in [2.75, 3.05) is 19.5 Å². The van der Waals surface area contributed by atoms with Crippen LogP contribution < -0.4 is 10.1 Å². The second kappa shape index (κ2) is 7.60. The van der Waals surface area contributed by atoms with Crippen LogP contribution in [0.25, 0.3) is 0 Å². The van der Waals surface area contributed by atoms with Gasteiger partial charge in [0.2, 0.25) is 5.91 Å². The van der Waals surface area contributed by atoms with Crippen LogP contribution in [0.5, 0.6) is 5.75 Å². The van der Waals surface area contributed by atoms with Crippen molar-refractivity contribution in [2.24, 2.45) is 5.92 Å². The van der Waals surface area contributed by atoms with E-state index in [1.54, 1.807) is 43.3 Å². The number of methoxy groups -OCH3 is 1. The van der Waals surface area contributed by atoms with Crippen molar-refractivity contribution in [3.8, 4) is 5.75 Å². The molecular formula is C21H24N2O3. The molecule has 0 spiro atoms. The molecule has 136 valence electrons. The summed E-state index contributed by atoms with van der Waals surface area (Å²) in [6.45, 7) is 2.48. The highest BCUT2D eigenvalue weighted by atomic mass is 16.5. The second-order valence-electron chi connectivity index (χ2n) is 6.82. The van der Waals surface area contributed by atoms with E-state index in [-0.39, 0.29) is 17.7 Å². The van der Waals surface area contributed by atoms with E-state index in [0.29, 0.717) is 12.1 Å². The van der Waals surface area contributed by atoms with Gasteiger partial charge >= 0.3 is 0 Å². The minimum Gasteiger partial charge on any atom is -0.496 e. The van der Waals surface area contributed by atoms with E-state index in [9.17, 15) is 9.59 Å². The predicted molar refractivity (Wildman–Crippen MR) is 101 cm³/mol. The largest absolute Gasteiger partial charge is 0.496 e. The Morgan fingerprint density at radius 3 is 2.46 bits per heavy atom. The fourth-order valence-corrected chi connectivity index (χ4v) is 2.86. The Bertz CT molecular complexity index is 811. The number of nitrogens with zero attached hydrogens (tertiary/aromatic N) is 1. The zero-order valence-electron chi connectivity index (χ0n) is 15.4. The van der Waals surface area contributed by atoms with E-state index in [1.165, 1.54) is 0 Å². The molecule has 1 N–H and O–H groups in total. The molecule has 1 fully saturated rings. The van der Waals surface area contributed by atoms with Gasteiger partial charge in [-0.25, -0.2) is 0 Å². The number of carbonyl (C=O) groups excluding carboxylic acids is 2. The van der Waals surface area contributed by atoms with Gasteiger partial charge in [-0.3, -0.25) is 9.59 Å². The third kappa shape index (κ3) is 4.23. The third-order valence-electron chi connectivity index (χ3n) is 4.54. The molecule has 5 nitrogen and oxygen atoms in total. The Morgan fingerprint density at radius 2 is 1.85 bits per heavy atom. The van der Waals surface area contributed by atoms with Gasteiger partial charge in [-0.1, -0.05) is 17.7 Å². The first kappa shape index (κ1) is 18.0. The average molecular weight is 352 g/mol. The minimum atomic E-state index is -0.0753. The summed E-state index contributed by atoms with van der Waals surface area (Å²) in [6, 6.07) is 13.0. The molecule has 1 saturated carbocycles. The summed E-state index contributed by atoms with van der Waals surface area (Å²) < 4.78 is 5.39. The molecule has 1 aliphatic rings. The van der Waals surface area contributed by atoms with Gasteiger partial charge in [0.15, 0.2) is 0 Å². The first-order valence-corrected chi connectivity index (χ1v) is 8.78. The number of rotatable bonds is 6. The van der Waals surface area contributed by atoms with E-state index in [0.717, 1.165) is 35.4 Å². The second-order valence-corrected chi connectivity index (χ2v) is 6.82. The van der Waals surface area contributed by atoms with Crippen molar-refractivity contribution in [1.82, 2.24) is 4.90 Å². The summed E-state index contributed by atoms with van der Waals surface area (Å²) in [6.07, 6.45) is 1.94. The van der Waals surface area contributed by atoms with Crippen LogP contribution >= 0.6 is 0 Å². The molecule has 1 aliphatic carbocycles. The highest BCUT2D eigenvalue weighted by Crippen LogP contribution is 2.30. The van der Waals surface area contributed by atoms with Crippen LogP contribution in [0, 0.1) is 12.8 Å². The molecule has 5 heteroatoms. The summed E-state index contributed by atoms with van der Waals surface area (Å²) in [7, 11) is 3.40. The molecule has 0 heterocycles. The number of hydrogen-bond acceptors (Lipinski definition) is 3. The summed E-state index contributed by atoms with van der Waals surface area (Å²) in [4.78, 5) is 26.1. The van der Waals surface area contributed by atoms with E-state index in [4.69, 9.17) is 4.74 Å². The van der Waals surface area contributed by atoms with E-state index in [1.807, 2.05) is 25.1 Å². The first-order valence-electron chi connectivity index (χ1n) is 8.78. The number of amides is 2. The Hall–Kier alpha value is -2.82. The van der Waals surface area contributed by atoms with Crippen molar-refractivity contribution in [3.63, 3.8) is 0 Å². The van der Waals surface area contributed by atoms with Gasteiger partial charge in [0.25, 0.3) is 5.91 Å². The highest BCUT2D eigenvalue weighted by molar-refractivity contribution is 5.96. The molecule has 0 unspecified atom stereocenters. The van der Waals surface area contributed by atoms with Crippen LogP contribution in [0.2, 0.25) is 0 Å². The number of hydrogen-bond donors (Lipinski definition) is 1. The Balaban J connectivity index is 1.66. The third-order valence-corrected chi connectivity index (χ3v) is 4.54. The summed E-state index contributed by atoms with van der Waals surface area (Å²) in [5, 5.41) is 2.88. The van der Waals surface area contributed by atoms with E-state index in [2.05, 4.69) is 5.32 Å². The van der Waals surface area contributed by atoms with Gasteiger partial charge in [-0.2, -0.15) is 0 Å². The van der Waals surface area contributed by atoms with Crippen molar-refractivity contribution < 1.29 is 14.3 Å². The molecule has 3 rings (SSSR count). The fraction of sp³-hybridized carbons (Fsp3) is 0.333. The van der Waals surface area contributed by atoms with Crippen LogP contribution in [0.1, 0.15) is 34.3 Å². The van der Waals surface area contributed by atoms with Crippen molar-refractivity contribution in [1.29, 1.82) is 0 Å². The van der Waals surface area contributed by atoms with Crippen LogP contribution in [-0.2, 0) is 11.3 Å². The SMILES string of the molecule is COc1ccc(C)cc1CN(C)C(=O)c1ccc(NC(=O)C2CC2)cc1. The molecule has 2 aromatic carbocycles. The first-order chi connectivity index (χ1) is 12.5. The average Bonchev–Trinajstić information content (AvgIpc) is 3.47. The van der Waals surface area contributed by atoms with Crippen LogP contribution in [0.3, 0.4) is 0 Å². The van der Waals surface area contributed by atoms with Crippen LogP contribution in [0.4, 0.5) is 5.69 Å². The number of anilines is 1. The fourth-order valence-electron chi connectivity index (χ4n) is 2.86. The molecule has 0 saturated heterocycles. The molecule has 2 amide bonds. The molecule has 0 bridgehead atoms. The van der Waals surface area contributed by atoms with Crippen LogP contribution in [0.15, 0.2) is 42.5 Å². The van der Waals surface area contributed by atoms with Gasteiger partial charge in [-0.05, 0) is 50.1 Å². The zero-order valence-corrected chi connectivity index (χ0v) is 15.4. The monoisotopic (exact) mass is 352 g/mol. The van der Waals surface area contributed by atoms with Gasteiger partial charge < -0.3 is 15.0 Å². The molecule has 26 heavy (non-hydrogen) atoms. The number of aryl methyl sites for hydroxylation is 1. The lowest BCUT2D eigenvalue weighted by Gasteiger charge is -2.19. The topological polar surface area (TPSA) is 58.6 Å². The van der Waals surface area contributed by atoms with E-state index >= 15 is 0 Å². The minimum absolute atomic E-state index is 0.0627. The lowest BCUT2D eigenvalue weighted by molar-refractivity contribution is -0.117. The van der Waals surface area contributed by atoms with Gasteiger partial charge in [-0.15, -0.1) is 0 Å². The van der Waals surface area contributed by atoms with Crippen molar-refractivity contribution >= 4 is 17.5 Å². The Kier molecular flexibility index (Phi) is 5.26. The summed E-state index contributed by atoms with van der Waals surface area (Å²) in [5.74, 6) is 0.918.